The normalized spacial score (nSPS) is 39.5. The Hall–Kier alpha value is -3.07. The lowest BCUT2D eigenvalue weighted by molar-refractivity contribution is -0.294. The molecular weight excluding hydrogens is 658 g/mol. The Labute approximate surface area is 302 Å². The second kappa shape index (κ2) is 16.3. The number of esters is 1. The molecule has 51 heavy (non-hydrogen) atoms. The first kappa shape index (κ1) is 40.7. The molecule has 1 amide bonds. The molecule has 2 saturated heterocycles. The number of para-hydroxylation sites is 1. The molecule has 3 heterocycles. The van der Waals surface area contributed by atoms with Gasteiger partial charge in [-0.1, -0.05) is 52.0 Å². The Morgan fingerprint density at radius 2 is 1.76 bits per heavy atom. The van der Waals surface area contributed by atoms with Gasteiger partial charge in [0.05, 0.1) is 17.8 Å². The van der Waals surface area contributed by atoms with Gasteiger partial charge in [0.1, 0.15) is 29.8 Å². The van der Waals surface area contributed by atoms with Crippen LogP contribution >= 0.6 is 0 Å². The number of cyclic esters (lactones) is 1. The van der Waals surface area contributed by atoms with Gasteiger partial charge in [0.25, 0.3) is 0 Å². The number of Topliss-reactive ketones (excluding diaryl/α,β-unsaturated/α-hetero) is 1. The number of phenols is 1. The van der Waals surface area contributed by atoms with Gasteiger partial charge in [0, 0.05) is 48.6 Å². The molecule has 13 heteroatoms. The molecule has 12 atom stereocenters. The molecule has 1 aromatic carbocycles. The van der Waals surface area contributed by atoms with Gasteiger partial charge in [-0.05, 0) is 67.1 Å². The van der Waals surface area contributed by atoms with Crippen molar-refractivity contribution in [1.29, 1.82) is 0 Å². The van der Waals surface area contributed by atoms with Crippen molar-refractivity contribution in [2.24, 2.45) is 17.8 Å². The highest BCUT2D eigenvalue weighted by Crippen LogP contribution is 2.42. The van der Waals surface area contributed by atoms with Crippen molar-refractivity contribution in [3.05, 3.63) is 41.5 Å². The fourth-order valence-electron chi connectivity index (χ4n) is 8.27. The summed E-state index contributed by atoms with van der Waals surface area (Å²) in [5.74, 6) is -2.57. The number of carbonyl (C=O) groups is 3. The average Bonchev–Trinajstić information content (AvgIpc) is 3.34. The third-order valence-corrected chi connectivity index (χ3v) is 11.1. The van der Waals surface area contributed by atoms with Crippen molar-refractivity contribution >= 4 is 17.8 Å². The molecule has 3 N–H and O–H groups in total. The molecule has 0 bridgehead atoms. The van der Waals surface area contributed by atoms with E-state index in [4.69, 9.17) is 23.7 Å². The average molecular weight is 718 g/mol. The number of nitrogens with one attached hydrogen (secondary N) is 1. The molecule has 13 nitrogen and oxygen atoms in total. The Morgan fingerprint density at radius 1 is 1.10 bits per heavy atom. The molecule has 1 aromatic rings. The molecule has 3 aliphatic rings. The lowest BCUT2D eigenvalue weighted by Crippen LogP contribution is -2.60. The van der Waals surface area contributed by atoms with E-state index in [1.807, 2.05) is 53.6 Å². The summed E-state index contributed by atoms with van der Waals surface area (Å²) in [7, 11) is 5.36. The molecule has 2 fully saturated rings. The van der Waals surface area contributed by atoms with Gasteiger partial charge in [-0.3, -0.25) is 4.79 Å². The molecule has 0 radical (unpaired) electrons. The van der Waals surface area contributed by atoms with Crippen LogP contribution in [0.1, 0.15) is 80.2 Å². The van der Waals surface area contributed by atoms with Crippen LogP contribution in [-0.4, -0.2) is 113 Å². The Morgan fingerprint density at radius 3 is 2.37 bits per heavy atom. The van der Waals surface area contributed by atoms with Crippen molar-refractivity contribution in [1.82, 2.24) is 15.3 Å². The van der Waals surface area contributed by atoms with E-state index in [-0.39, 0.29) is 36.6 Å². The number of aromatic hydroxyl groups is 1. The maximum absolute atomic E-state index is 14.5. The van der Waals surface area contributed by atoms with Gasteiger partial charge < -0.3 is 38.8 Å². The van der Waals surface area contributed by atoms with Gasteiger partial charge in [0.15, 0.2) is 11.9 Å². The number of benzene rings is 1. The van der Waals surface area contributed by atoms with Gasteiger partial charge in [-0.15, -0.1) is 0 Å². The van der Waals surface area contributed by atoms with Crippen molar-refractivity contribution in [2.45, 2.75) is 135 Å². The first-order chi connectivity index (χ1) is 23.9. The minimum atomic E-state index is -1.41. The van der Waals surface area contributed by atoms with Gasteiger partial charge >= 0.3 is 12.1 Å². The molecule has 286 valence electrons. The standard InChI is InChI=1S/C38H59N3O10/c1-12-29-38(8)32(41(36(46)51-38)39-20-26-15-13-14-16-28(26)42)25(6)30(43)23(4)19-37(7,47-11)33(21(2)17-22(3)34(45)49-29)50-35-31(44)27(40(9)10)18-24(5)48-35/h13-17,21,23-25,27,29,31-33,35,39,42,44H,12,18-20H2,1-11H3/b22-17+/t21-,23+,24+,25-,27-,29+,31+,32+,33+,35-,37+,38+/m0/s1. The lowest BCUT2D eigenvalue weighted by Gasteiger charge is -2.46. The molecule has 0 aliphatic carbocycles. The van der Waals surface area contributed by atoms with Crippen molar-refractivity contribution in [2.75, 3.05) is 21.2 Å². The maximum Gasteiger partial charge on any atom is 0.425 e. The number of phenolic OH excluding ortho intramolecular Hbond substituents is 1. The summed E-state index contributed by atoms with van der Waals surface area (Å²) in [4.78, 5) is 43.9. The number of aliphatic hydroxyl groups is 1. The van der Waals surface area contributed by atoms with E-state index < -0.39 is 71.7 Å². The number of carbonyl (C=O) groups excluding carboxylic acids is 3. The summed E-state index contributed by atoms with van der Waals surface area (Å²) in [6.45, 7) is 14.5. The maximum atomic E-state index is 14.5. The first-order valence-electron chi connectivity index (χ1n) is 18.0. The van der Waals surface area contributed by atoms with E-state index in [2.05, 4.69) is 5.43 Å². The summed E-state index contributed by atoms with van der Waals surface area (Å²) in [5.41, 5.74) is 1.43. The van der Waals surface area contributed by atoms with E-state index in [1.54, 1.807) is 58.2 Å². The number of ketones is 1. The zero-order chi connectivity index (χ0) is 38.0. The quantitative estimate of drug-likeness (QED) is 0.328. The number of aliphatic hydroxyl groups excluding tert-OH is 1. The highest BCUT2D eigenvalue weighted by molar-refractivity contribution is 5.88. The fourth-order valence-corrected chi connectivity index (χ4v) is 8.27. The van der Waals surface area contributed by atoms with Crippen LogP contribution in [0.2, 0.25) is 0 Å². The number of hydrogen-bond donors (Lipinski definition) is 3. The number of fused-ring (bicyclic) bond motifs is 1. The van der Waals surface area contributed by atoms with Crippen LogP contribution in [0.3, 0.4) is 0 Å². The van der Waals surface area contributed by atoms with Gasteiger partial charge in [-0.2, -0.15) is 0 Å². The number of hydrogen-bond acceptors (Lipinski definition) is 12. The largest absolute Gasteiger partial charge is 0.508 e. The topological polar surface area (TPSA) is 156 Å². The SMILES string of the molecule is CC[C@H]1OC(=O)/C(C)=C/[C@H](C)[C@@H](O[C@@H]2O[C@H](C)C[C@H](N(C)C)[C@H]2O)[C@](C)(OC)C[C@@H](C)C(=O)[C@H](C)[C@H]2N(NCc3ccccc3O)C(=O)O[C@]12C. The second-order valence-electron chi connectivity index (χ2n) is 15.3. The Kier molecular flexibility index (Phi) is 13.0. The van der Waals surface area contributed by atoms with Crippen LogP contribution in [0.4, 0.5) is 4.79 Å². The van der Waals surface area contributed by atoms with Crippen LogP contribution < -0.4 is 5.43 Å². The molecule has 0 spiro atoms. The molecule has 4 rings (SSSR count). The molecule has 0 unspecified atom stereocenters. The third-order valence-electron chi connectivity index (χ3n) is 11.1. The number of nitrogens with zero attached hydrogens (tertiary/aromatic N) is 2. The highest BCUT2D eigenvalue weighted by atomic mass is 16.7. The van der Waals surface area contributed by atoms with Gasteiger partial charge in [0.2, 0.25) is 0 Å². The van der Waals surface area contributed by atoms with Crippen molar-refractivity contribution in [3.63, 3.8) is 0 Å². The molecule has 0 saturated carbocycles. The Bertz CT molecular complexity index is 1440. The highest BCUT2D eigenvalue weighted by Gasteiger charge is 2.60. The van der Waals surface area contributed by atoms with Crippen LogP contribution in [0.25, 0.3) is 0 Å². The summed E-state index contributed by atoms with van der Waals surface area (Å²) < 4.78 is 31.2. The zero-order valence-corrected chi connectivity index (χ0v) is 32.0. The van der Waals surface area contributed by atoms with Crippen molar-refractivity contribution in [3.8, 4) is 5.75 Å². The van der Waals surface area contributed by atoms with Crippen molar-refractivity contribution < 1.29 is 48.3 Å². The predicted octanol–water partition coefficient (Wildman–Crippen LogP) is 4.34. The molecular formula is C38H59N3O10. The lowest BCUT2D eigenvalue weighted by atomic mass is 9.74. The van der Waals surface area contributed by atoms with Crippen LogP contribution in [0.5, 0.6) is 5.75 Å². The summed E-state index contributed by atoms with van der Waals surface area (Å²) in [5, 5.41) is 23.1. The minimum Gasteiger partial charge on any atom is -0.508 e. The van der Waals surface area contributed by atoms with E-state index in [0.29, 0.717) is 24.0 Å². The second-order valence-corrected chi connectivity index (χ2v) is 15.3. The fraction of sp³-hybridized carbons (Fsp3) is 0.711. The van der Waals surface area contributed by atoms with E-state index in [0.717, 1.165) is 0 Å². The first-order valence-corrected chi connectivity index (χ1v) is 18.0. The van der Waals surface area contributed by atoms with E-state index in [1.165, 1.54) is 5.01 Å². The number of amides is 1. The number of methoxy groups -OCH3 is 1. The molecule has 0 aromatic heterocycles. The van der Waals surface area contributed by atoms with Crippen LogP contribution in [-0.2, 0) is 39.8 Å². The minimum absolute atomic E-state index is 0.0504. The monoisotopic (exact) mass is 717 g/mol. The number of ether oxygens (including phenoxy) is 5. The summed E-state index contributed by atoms with van der Waals surface area (Å²) >= 11 is 0. The van der Waals surface area contributed by atoms with E-state index >= 15 is 0 Å². The van der Waals surface area contributed by atoms with Crippen LogP contribution in [0.15, 0.2) is 35.9 Å². The Balaban J connectivity index is 1.77. The smallest absolute Gasteiger partial charge is 0.425 e. The number of likely N-dealkylation sites (N-methyl/N-ethyl adjacent to an activating group) is 1. The van der Waals surface area contributed by atoms with Crippen LogP contribution in [0, 0.1) is 17.8 Å². The number of hydrazine groups is 1. The zero-order valence-electron chi connectivity index (χ0n) is 32.0. The number of rotatable bonds is 8. The summed E-state index contributed by atoms with van der Waals surface area (Å²) in [6.07, 6.45) is -1.68. The summed E-state index contributed by atoms with van der Waals surface area (Å²) in [6, 6.07) is 5.64. The predicted molar refractivity (Wildman–Crippen MR) is 189 cm³/mol. The molecule has 3 aliphatic heterocycles. The third kappa shape index (κ3) is 8.44. The van der Waals surface area contributed by atoms with Gasteiger partial charge in [-0.25, -0.2) is 20.0 Å². The van der Waals surface area contributed by atoms with E-state index in [9.17, 15) is 24.6 Å².